The monoisotopic (exact) mass is 196 g/mol. The van der Waals surface area contributed by atoms with E-state index in [1.165, 1.54) is 0 Å². The predicted molar refractivity (Wildman–Crippen MR) is 55.9 cm³/mol. The third-order valence-corrected chi connectivity index (χ3v) is 1.77. The van der Waals surface area contributed by atoms with Gasteiger partial charge in [-0.1, -0.05) is 0 Å². The molecule has 0 unspecified atom stereocenters. The van der Waals surface area contributed by atoms with Crippen molar-refractivity contribution >= 4 is 5.82 Å². The van der Waals surface area contributed by atoms with E-state index in [0.717, 1.165) is 23.8 Å². The van der Waals surface area contributed by atoms with Crippen molar-refractivity contribution in [3.63, 3.8) is 0 Å². The molecule has 4 heteroatoms. The highest BCUT2D eigenvalue weighted by Crippen LogP contribution is 2.16. The molecular weight excluding hydrogens is 180 g/mol. The number of anilines is 1. The second-order valence-electron chi connectivity index (χ2n) is 2.95. The van der Waals surface area contributed by atoms with Gasteiger partial charge in [-0.15, -0.1) is 0 Å². The highest BCUT2D eigenvalue weighted by molar-refractivity contribution is 5.42. The molecule has 1 N–H and O–H groups in total. The first-order valence-corrected chi connectivity index (χ1v) is 4.51. The normalized spacial score (nSPS) is 9.93. The van der Waals surface area contributed by atoms with Crippen LogP contribution < -0.4 is 10.1 Å². The van der Waals surface area contributed by atoms with Crippen molar-refractivity contribution in [3.05, 3.63) is 17.8 Å². The van der Waals surface area contributed by atoms with E-state index in [9.17, 15) is 0 Å². The average Bonchev–Trinajstić information content (AvgIpc) is 2.17. The van der Waals surface area contributed by atoms with Crippen LogP contribution in [-0.4, -0.2) is 32.4 Å². The van der Waals surface area contributed by atoms with Gasteiger partial charge in [-0.25, -0.2) is 4.98 Å². The van der Waals surface area contributed by atoms with Crippen molar-refractivity contribution in [2.45, 2.75) is 6.92 Å². The minimum absolute atomic E-state index is 0.665. The van der Waals surface area contributed by atoms with E-state index in [2.05, 4.69) is 10.3 Å². The van der Waals surface area contributed by atoms with Crippen LogP contribution in [0.25, 0.3) is 0 Å². The van der Waals surface area contributed by atoms with Gasteiger partial charge < -0.3 is 14.8 Å². The fraction of sp³-hybridized carbons (Fsp3) is 0.500. The molecule has 0 aliphatic rings. The zero-order valence-corrected chi connectivity index (χ0v) is 8.83. The molecule has 0 amide bonds. The number of aromatic nitrogens is 1. The lowest BCUT2D eigenvalue weighted by molar-refractivity contribution is 0.210. The predicted octanol–water partition coefficient (Wildman–Crippen LogP) is 1.46. The molecule has 0 saturated heterocycles. The van der Waals surface area contributed by atoms with E-state index >= 15 is 0 Å². The first kappa shape index (κ1) is 10.8. The molecule has 0 spiro atoms. The number of aryl methyl sites for hydroxylation is 1. The van der Waals surface area contributed by atoms with Gasteiger partial charge in [0.05, 0.1) is 13.7 Å². The minimum Gasteiger partial charge on any atom is -0.497 e. The quantitative estimate of drug-likeness (QED) is 0.724. The molecule has 0 fully saturated rings. The van der Waals surface area contributed by atoms with E-state index in [-0.39, 0.29) is 0 Å². The maximum atomic E-state index is 5.13. The number of pyridine rings is 1. The topological polar surface area (TPSA) is 43.4 Å². The number of nitrogens with zero attached hydrogens (tertiary/aromatic N) is 1. The summed E-state index contributed by atoms with van der Waals surface area (Å²) >= 11 is 0. The van der Waals surface area contributed by atoms with Crippen LogP contribution in [-0.2, 0) is 4.74 Å². The summed E-state index contributed by atoms with van der Waals surface area (Å²) in [5.41, 5.74) is 0.935. The summed E-state index contributed by atoms with van der Waals surface area (Å²) in [7, 11) is 3.32. The molecule has 0 radical (unpaired) electrons. The summed E-state index contributed by atoms with van der Waals surface area (Å²) in [5.74, 6) is 1.64. The van der Waals surface area contributed by atoms with E-state index in [1.54, 1.807) is 14.2 Å². The molecule has 1 aromatic heterocycles. The molecule has 1 rings (SSSR count). The van der Waals surface area contributed by atoms with E-state index in [1.807, 2.05) is 19.1 Å². The Morgan fingerprint density at radius 2 is 2.14 bits per heavy atom. The Labute approximate surface area is 84.3 Å². The zero-order valence-electron chi connectivity index (χ0n) is 8.83. The van der Waals surface area contributed by atoms with Crippen molar-refractivity contribution in [2.24, 2.45) is 0 Å². The first-order chi connectivity index (χ1) is 6.76. The number of hydrogen-bond acceptors (Lipinski definition) is 4. The second-order valence-corrected chi connectivity index (χ2v) is 2.95. The Hall–Kier alpha value is -1.29. The zero-order chi connectivity index (χ0) is 10.4. The third-order valence-electron chi connectivity index (χ3n) is 1.77. The summed E-state index contributed by atoms with van der Waals surface area (Å²) in [6.45, 7) is 3.35. The molecule has 1 heterocycles. The standard InChI is InChI=1S/C10H16N2O2/c1-8-6-9(14-3)7-10(12-8)11-4-5-13-2/h6-7H,4-5H2,1-3H3,(H,11,12). The van der Waals surface area contributed by atoms with Gasteiger partial charge in [0.1, 0.15) is 11.6 Å². The van der Waals surface area contributed by atoms with Crippen molar-refractivity contribution in [2.75, 3.05) is 32.7 Å². The van der Waals surface area contributed by atoms with E-state index in [4.69, 9.17) is 9.47 Å². The third kappa shape index (κ3) is 3.22. The highest BCUT2D eigenvalue weighted by Gasteiger charge is 1.98. The summed E-state index contributed by atoms with van der Waals surface area (Å²) < 4.78 is 10.1. The van der Waals surface area contributed by atoms with Crippen molar-refractivity contribution in [1.29, 1.82) is 0 Å². The van der Waals surface area contributed by atoms with Gasteiger partial charge in [-0.2, -0.15) is 0 Å². The van der Waals surface area contributed by atoms with Gasteiger partial charge in [-0.3, -0.25) is 0 Å². The molecule has 4 nitrogen and oxygen atoms in total. The first-order valence-electron chi connectivity index (χ1n) is 4.51. The summed E-state index contributed by atoms with van der Waals surface area (Å²) in [6, 6.07) is 3.75. The molecular formula is C10H16N2O2. The van der Waals surface area contributed by atoms with Gasteiger partial charge >= 0.3 is 0 Å². The summed E-state index contributed by atoms with van der Waals surface area (Å²) in [5, 5.41) is 3.14. The molecule has 0 atom stereocenters. The lowest BCUT2D eigenvalue weighted by atomic mass is 10.3. The number of rotatable bonds is 5. The molecule has 1 aromatic rings. The number of ether oxygens (including phenoxy) is 2. The molecule has 0 saturated carbocycles. The van der Waals surface area contributed by atoms with Crippen LogP contribution in [0.2, 0.25) is 0 Å². The highest BCUT2D eigenvalue weighted by atomic mass is 16.5. The Bertz CT molecular complexity index is 289. The van der Waals surface area contributed by atoms with Gasteiger partial charge in [0.15, 0.2) is 0 Å². The van der Waals surface area contributed by atoms with Crippen molar-refractivity contribution < 1.29 is 9.47 Å². The van der Waals surface area contributed by atoms with Crippen molar-refractivity contribution in [3.8, 4) is 5.75 Å². The molecule has 0 aliphatic heterocycles. The fourth-order valence-corrected chi connectivity index (χ4v) is 1.13. The van der Waals surface area contributed by atoms with Crippen LogP contribution >= 0.6 is 0 Å². The van der Waals surface area contributed by atoms with Gasteiger partial charge in [0.2, 0.25) is 0 Å². The molecule has 78 valence electrons. The average molecular weight is 196 g/mol. The summed E-state index contributed by atoms with van der Waals surface area (Å²) in [6.07, 6.45) is 0. The van der Waals surface area contributed by atoms with Crippen LogP contribution in [0.3, 0.4) is 0 Å². The Morgan fingerprint density at radius 1 is 1.36 bits per heavy atom. The van der Waals surface area contributed by atoms with Gasteiger partial charge in [-0.05, 0) is 6.92 Å². The van der Waals surface area contributed by atoms with Crippen molar-refractivity contribution in [1.82, 2.24) is 4.98 Å². The van der Waals surface area contributed by atoms with E-state index < -0.39 is 0 Å². The Morgan fingerprint density at radius 3 is 2.79 bits per heavy atom. The maximum Gasteiger partial charge on any atom is 0.129 e. The lowest BCUT2D eigenvalue weighted by Gasteiger charge is -2.07. The SMILES string of the molecule is COCCNc1cc(OC)cc(C)n1. The van der Waals surface area contributed by atoms with Crippen LogP contribution in [0.1, 0.15) is 5.69 Å². The van der Waals surface area contributed by atoms with E-state index in [0.29, 0.717) is 6.61 Å². The lowest BCUT2D eigenvalue weighted by Crippen LogP contribution is -2.09. The van der Waals surface area contributed by atoms with Crippen LogP contribution in [0.4, 0.5) is 5.82 Å². The Balaban J connectivity index is 2.62. The molecule has 14 heavy (non-hydrogen) atoms. The number of nitrogens with one attached hydrogen (secondary N) is 1. The Kier molecular flexibility index (Phi) is 4.19. The minimum atomic E-state index is 0.665. The molecule has 0 aromatic carbocycles. The second kappa shape index (κ2) is 5.44. The fourth-order valence-electron chi connectivity index (χ4n) is 1.13. The van der Waals surface area contributed by atoms with Crippen LogP contribution in [0, 0.1) is 6.92 Å². The smallest absolute Gasteiger partial charge is 0.129 e. The summed E-state index contributed by atoms with van der Waals surface area (Å²) in [4.78, 5) is 4.31. The van der Waals surface area contributed by atoms with Crippen LogP contribution in [0.5, 0.6) is 5.75 Å². The molecule has 0 aliphatic carbocycles. The molecule has 0 bridgehead atoms. The number of hydrogen-bond donors (Lipinski definition) is 1. The van der Waals surface area contributed by atoms with Crippen LogP contribution in [0.15, 0.2) is 12.1 Å². The maximum absolute atomic E-state index is 5.13. The van der Waals surface area contributed by atoms with Gasteiger partial charge in [0, 0.05) is 31.5 Å². The van der Waals surface area contributed by atoms with Gasteiger partial charge in [0.25, 0.3) is 0 Å². The largest absolute Gasteiger partial charge is 0.497 e. The number of methoxy groups -OCH3 is 2.